The van der Waals surface area contributed by atoms with Crippen molar-refractivity contribution in [2.24, 2.45) is 5.92 Å². The molecule has 0 unspecified atom stereocenters. The summed E-state index contributed by atoms with van der Waals surface area (Å²) < 4.78 is 33.6. The summed E-state index contributed by atoms with van der Waals surface area (Å²) in [5, 5.41) is 0. The maximum absolute atomic E-state index is 7.39. The lowest BCUT2D eigenvalue weighted by Crippen LogP contribution is -2.80. The Morgan fingerprint density at radius 3 is 2.24 bits per heavy atom. The summed E-state index contributed by atoms with van der Waals surface area (Å²) in [6.07, 6.45) is 5.79. The van der Waals surface area contributed by atoms with Crippen LogP contribution in [0.25, 0.3) is 0 Å². The van der Waals surface area contributed by atoms with Gasteiger partial charge in [0.05, 0.1) is 17.6 Å². The predicted molar refractivity (Wildman–Crippen MR) is 160 cm³/mol. The zero-order valence-corrected chi connectivity index (χ0v) is 24.7. The first-order valence-electron chi connectivity index (χ1n) is 15.6. The molecule has 1 saturated heterocycles. The molecule has 0 aromatic heterocycles. The first-order valence-corrected chi connectivity index (χ1v) is 15.6. The Bertz CT molecular complexity index is 1440. The maximum Gasteiger partial charge on any atom is 0.206 e. The van der Waals surface area contributed by atoms with E-state index in [2.05, 4.69) is 59.5 Å². The quantitative estimate of drug-likeness (QED) is 0.278. The number of nitrogens with zero attached hydrogens (tertiary/aromatic N) is 1. The Balaban J connectivity index is 1.27. The second-order valence-corrected chi connectivity index (χ2v) is 13.0. The zero-order chi connectivity index (χ0) is 28.4. The summed E-state index contributed by atoms with van der Waals surface area (Å²) in [4.78, 5) is 2.76. The summed E-state index contributed by atoms with van der Waals surface area (Å²) in [6, 6.07) is 25.6. The van der Waals surface area contributed by atoms with Crippen molar-refractivity contribution in [3.8, 4) is 11.5 Å². The van der Waals surface area contributed by atoms with Gasteiger partial charge in [0.1, 0.15) is 6.61 Å². The fraction of sp³-hybridized carbons (Fsp3) is 0.500. The van der Waals surface area contributed by atoms with Crippen molar-refractivity contribution in [2.75, 3.05) is 27.3 Å². The van der Waals surface area contributed by atoms with Crippen LogP contribution in [0.5, 0.6) is 11.5 Å². The summed E-state index contributed by atoms with van der Waals surface area (Å²) in [5.74, 6) is 1.59. The van der Waals surface area contributed by atoms with Crippen LogP contribution in [0.2, 0.25) is 0 Å². The van der Waals surface area contributed by atoms with Crippen LogP contribution in [-0.2, 0) is 39.3 Å². The third-order valence-electron chi connectivity index (χ3n) is 11.0. The van der Waals surface area contributed by atoms with Crippen LogP contribution in [0.15, 0.2) is 72.8 Å². The molecular weight excluding hydrogens is 526 g/mol. The Kier molecular flexibility index (Phi) is 6.41. The number of rotatable bonds is 10. The van der Waals surface area contributed by atoms with Crippen molar-refractivity contribution in [3.05, 3.63) is 95.1 Å². The van der Waals surface area contributed by atoms with E-state index in [9.17, 15) is 0 Å². The van der Waals surface area contributed by atoms with Crippen LogP contribution >= 0.6 is 0 Å². The van der Waals surface area contributed by atoms with Crippen LogP contribution < -0.4 is 9.47 Å². The smallest absolute Gasteiger partial charge is 0.206 e. The molecule has 2 bridgehead atoms. The predicted octanol–water partition coefficient (Wildman–Crippen LogP) is 6.04. The number of piperidine rings is 1. The Labute approximate surface area is 248 Å². The molecule has 0 amide bonds. The topological polar surface area (TPSA) is 49.4 Å². The van der Waals surface area contributed by atoms with Crippen LogP contribution in [0, 0.1) is 5.92 Å². The number of ether oxygens (including phenoxy) is 5. The average molecular weight is 568 g/mol. The Morgan fingerprint density at radius 1 is 0.833 bits per heavy atom. The third kappa shape index (κ3) is 3.85. The number of benzene rings is 3. The molecule has 2 saturated carbocycles. The van der Waals surface area contributed by atoms with E-state index in [0.29, 0.717) is 19.6 Å². The lowest BCUT2D eigenvalue weighted by atomic mass is 9.47. The molecule has 6 heteroatoms. The number of methoxy groups -OCH3 is 2. The minimum Gasteiger partial charge on any atom is -0.485 e. The van der Waals surface area contributed by atoms with Crippen molar-refractivity contribution in [2.45, 2.75) is 80.7 Å². The highest BCUT2D eigenvalue weighted by Crippen LogP contribution is 2.69. The van der Waals surface area contributed by atoms with Gasteiger partial charge < -0.3 is 23.7 Å². The fourth-order valence-electron chi connectivity index (χ4n) is 8.83. The largest absolute Gasteiger partial charge is 0.485 e. The highest BCUT2D eigenvalue weighted by molar-refractivity contribution is 5.63. The monoisotopic (exact) mass is 567 g/mol. The minimum absolute atomic E-state index is 0.267. The molecule has 6 nitrogen and oxygen atoms in total. The molecule has 3 aliphatic carbocycles. The van der Waals surface area contributed by atoms with Crippen molar-refractivity contribution in [1.82, 2.24) is 4.90 Å². The molecule has 42 heavy (non-hydrogen) atoms. The summed E-state index contributed by atoms with van der Waals surface area (Å²) >= 11 is 0. The van der Waals surface area contributed by atoms with Crippen molar-refractivity contribution >= 4 is 0 Å². The molecular formula is C36H41NO5. The number of hydrogen-bond donors (Lipinski definition) is 0. The van der Waals surface area contributed by atoms with Gasteiger partial charge in [0, 0.05) is 38.8 Å². The maximum atomic E-state index is 7.39. The molecule has 220 valence electrons. The van der Waals surface area contributed by atoms with Gasteiger partial charge in [-0.1, -0.05) is 66.7 Å². The second-order valence-electron chi connectivity index (χ2n) is 13.0. The van der Waals surface area contributed by atoms with Gasteiger partial charge in [-0.2, -0.15) is 0 Å². The second kappa shape index (κ2) is 10.1. The van der Waals surface area contributed by atoms with Gasteiger partial charge in [-0.05, 0) is 67.3 Å². The molecule has 4 atom stereocenters. The van der Waals surface area contributed by atoms with E-state index in [4.69, 9.17) is 23.7 Å². The summed E-state index contributed by atoms with van der Waals surface area (Å²) in [5.41, 5.74) is 4.11. The molecule has 1 spiro atoms. The van der Waals surface area contributed by atoms with Crippen molar-refractivity contribution in [1.29, 1.82) is 0 Å². The van der Waals surface area contributed by atoms with E-state index in [-0.39, 0.29) is 12.1 Å². The molecule has 0 radical (unpaired) electrons. The highest BCUT2D eigenvalue weighted by Gasteiger charge is 2.77. The number of hydrogen-bond acceptors (Lipinski definition) is 6. The van der Waals surface area contributed by atoms with E-state index in [1.165, 1.54) is 29.5 Å². The van der Waals surface area contributed by atoms with Gasteiger partial charge in [-0.3, -0.25) is 4.90 Å². The molecule has 3 fully saturated rings. The van der Waals surface area contributed by atoms with Gasteiger partial charge in [-0.25, -0.2) is 0 Å². The Morgan fingerprint density at radius 2 is 1.55 bits per heavy atom. The summed E-state index contributed by atoms with van der Waals surface area (Å²) in [6.45, 7) is 3.24. The molecule has 0 N–H and O–H groups in total. The first kappa shape index (κ1) is 26.7. The Hall–Kier alpha value is -2.90. The minimum atomic E-state index is -0.868. The van der Waals surface area contributed by atoms with Crippen LogP contribution in [0.3, 0.4) is 0 Å². The van der Waals surface area contributed by atoms with Gasteiger partial charge in [0.15, 0.2) is 17.6 Å². The standard InChI is InChI=1S/C36H41NO5/c1-38-36(39-2)18-17-35(41-24-27-11-7-4-8-12-27)30-21-28-15-16-29(40-23-26-9-5-3-6-10-26)32-31(28)34(35,33(36)42-32)19-20-37(30)22-25-13-14-25/h3-12,15-16,25,30,33H,13-14,17-24H2,1-2H3/t30-,33-,34+,35-/m1/s1. The van der Waals surface area contributed by atoms with E-state index < -0.39 is 16.8 Å². The van der Waals surface area contributed by atoms with E-state index in [1.807, 2.05) is 18.2 Å². The molecule has 3 aromatic carbocycles. The van der Waals surface area contributed by atoms with E-state index >= 15 is 0 Å². The zero-order valence-electron chi connectivity index (χ0n) is 24.7. The van der Waals surface area contributed by atoms with Crippen LogP contribution in [0.4, 0.5) is 0 Å². The lowest BCUT2D eigenvalue weighted by molar-refractivity contribution is -0.328. The molecule has 5 aliphatic rings. The SMILES string of the molecule is COC1(OC)CC[C@@]2(OCc3ccccc3)[C@H]3Cc4ccc(OCc5ccccc5)c5c4[C@@]2(CCN3CC2CC2)[C@H]1O5. The van der Waals surface area contributed by atoms with Gasteiger partial charge >= 0.3 is 0 Å². The molecule has 2 heterocycles. The van der Waals surface area contributed by atoms with Gasteiger partial charge in [0.25, 0.3) is 0 Å². The van der Waals surface area contributed by atoms with Crippen molar-refractivity contribution in [3.63, 3.8) is 0 Å². The third-order valence-corrected chi connectivity index (χ3v) is 11.0. The first-order chi connectivity index (χ1) is 20.6. The highest BCUT2D eigenvalue weighted by atomic mass is 16.7. The number of likely N-dealkylation sites (tertiary alicyclic amines) is 1. The van der Waals surface area contributed by atoms with E-state index in [1.54, 1.807) is 14.2 Å². The normalized spacial score (nSPS) is 30.4. The summed E-state index contributed by atoms with van der Waals surface area (Å²) in [7, 11) is 3.53. The van der Waals surface area contributed by atoms with E-state index in [0.717, 1.165) is 55.3 Å². The van der Waals surface area contributed by atoms with Gasteiger partial charge in [-0.15, -0.1) is 0 Å². The average Bonchev–Trinajstić information content (AvgIpc) is 3.79. The molecule has 2 aliphatic heterocycles. The molecule has 8 rings (SSSR count). The van der Waals surface area contributed by atoms with Crippen LogP contribution in [0.1, 0.15) is 54.4 Å². The van der Waals surface area contributed by atoms with Crippen molar-refractivity contribution < 1.29 is 23.7 Å². The van der Waals surface area contributed by atoms with Crippen LogP contribution in [-0.4, -0.2) is 55.7 Å². The van der Waals surface area contributed by atoms with Gasteiger partial charge in [0.2, 0.25) is 5.79 Å². The fourth-order valence-corrected chi connectivity index (χ4v) is 8.83. The molecule has 3 aromatic rings. The lowest BCUT2D eigenvalue weighted by Gasteiger charge is -2.67.